The van der Waals surface area contributed by atoms with Crippen molar-refractivity contribution in [1.82, 2.24) is 0 Å². The van der Waals surface area contributed by atoms with E-state index < -0.39 is 0 Å². The molecule has 0 nitrogen and oxygen atoms in total. The van der Waals surface area contributed by atoms with Crippen molar-refractivity contribution in [2.24, 2.45) is 34.5 Å². The summed E-state index contributed by atoms with van der Waals surface area (Å²) in [4.78, 5) is 0. The Morgan fingerprint density at radius 3 is 2.32 bits per heavy atom. The first-order valence-electron chi connectivity index (χ1n) is 8.18. The van der Waals surface area contributed by atoms with E-state index in [1.54, 1.807) is 0 Å². The first-order chi connectivity index (χ1) is 9.14. The van der Waals surface area contributed by atoms with Gasteiger partial charge in [-0.1, -0.05) is 56.7 Å². The predicted molar refractivity (Wildman–Crippen MR) is 80.7 cm³/mol. The van der Waals surface area contributed by atoms with Crippen molar-refractivity contribution in [2.45, 2.75) is 46.0 Å². The van der Waals surface area contributed by atoms with Gasteiger partial charge in [0, 0.05) is 5.41 Å². The third-order valence-electron chi connectivity index (χ3n) is 7.26. The van der Waals surface area contributed by atoms with Gasteiger partial charge in [-0.15, -0.1) is 0 Å². The van der Waals surface area contributed by atoms with Gasteiger partial charge in [0.25, 0.3) is 0 Å². The molecule has 0 heteroatoms. The van der Waals surface area contributed by atoms with Gasteiger partial charge >= 0.3 is 0 Å². The summed E-state index contributed by atoms with van der Waals surface area (Å²) in [6.07, 6.45) is 21.4. The Bertz CT molecular complexity index is 450. The Kier molecular flexibility index (Phi) is 2.44. The van der Waals surface area contributed by atoms with Crippen LogP contribution in [0, 0.1) is 34.5 Å². The smallest absolute Gasteiger partial charge is 0.00954 e. The van der Waals surface area contributed by atoms with E-state index in [0.717, 1.165) is 23.7 Å². The topological polar surface area (TPSA) is 0 Å². The summed E-state index contributed by atoms with van der Waals surface area (Å²) in [6, 6.07) is 0. The number of hydrogen-bond acceptors (Lipinski definition) is 0. The number of hydrogen-bond donors (Lipinski definition) is 0. The van der Waals surface area contributed by atoms with Crippen molar-refractivity contribution < 1.29 is 0 Å². The molecule has 3 fully saturated rings. The molecular weight excluding hydrogens is 228 g/mol. The second kappa shape index (κ2) is 3.87. The van der Waals surface area contributed by atoms with Crippen molar-refractivity contribution in [3.8, 4) is 0 Å². The monoisotopic (exact) mass is 254 g/mol. The van der Waals surface area contributed by atoms with Crippen LogP contribution in [0.3, 0.4) is 0 Å². The maximum Gasteiger partial charge on any atom is 0.00954 e. The minimum Gasteiger partial charge on any atom is -0.0743 e. The zero-order chi connectivity index (χ0) is 13.1. The molecule has 4 rings (SSSR count). The van der Waals surface area contributed by atoms with Gasteiger partial charge in [-0.25, -0.2) is 0 Å². The zero-order valence-corrected chi connectivity index (χ0v) is 12.3. The van der Waals surface area contributed by atoms with Gasteiger partial charge in [0.1, 0.15) is 0 Å². The molecule has 0 aromatic carbocycles. The molecule has 0 aliphatic heterocycles. The molecular formula is C19H26. The molecule has 0 N–H and O–H groups in total. The molecule has 0 radical (unpaired) electrons. The molecule has 3 saturated carbocycles. The van der Waals surface area contributed by atoms with Crippen molar-refractivity contribution in [2.75, 3.05) is 0 Å². The second-order valence-electron chi connectivity index (χ2n) is 7.87. The molecule has 2 bridgehead atoms. The third-order valence-corrected chi connectivity index (χ3v) is 7.26. The van der Waals surface area contributed by atoms with E-state index >= 15 is 0 Å². The van der Waals surface area contributed by atoms with E-state index in [0.29, 0.717) is 5.41 Å². The summed E-state index contributed by atoms with van der Waals surface area (Å²) >= 11 is 0. The van der Waals surface area contributed by atoms with Crippen molar-refractivity contribution in [3.63, 3.8) is 0 Å². The summed E-state index contributed by atoms with van der Waals surface area (Å²) in [6.45, 7) is 5.06. The first-order valence-corrected chi connectivity index (χ1v) is 8.18. The molecule has 4 aliphatic carbocycles. The molecule has 4 aliphatic rings. The van der Waals surface area contributed by atoms with E-state index in [2.05, 4.69) is 50.3 Å². The van der Waals surface area contributed by atoms with Crippen molar-refractivity contribution in [1.29, 1.82) is 0 Å². The molecule has 102 valence electrons. The lowest BCUT2D eigenvalue weighted by molar-refractivity contribution is 0.0293. The zero-order valence-electron chi connectivity index (χ0n) is 12.3. The van der Waals surface area contributed by atoms with Crippen LogP contribution in [0.2, 0.25) is 0 Å². The highest BCUT2D eigenvalue weighted by molar-refractivity contribution is 5.29. The van der Waals surface area contributed by atoms with Gasteiger partial charge in [-0.05, 0) is 54.8 Å². The van der Waals surface area contributed by atoms with Gasteiger partial charge in [0.15, 0.2) is 0 Å². The van der Waals surface area contributed by atoms with Crippen LogP contribution in [0.25, 0.3) is 0 Å². The summed E-state index contributed by atoms with van der Waals surface area (Å²) in [5.74, 6) is 4.16. The summed E-state index contributed by atoms with van der Waals surface area (Å²) in [5.41, 5.74) is 0.742. The van der Waals surface area contributed by atoms with Gasteiger partial charge in [-0.2, -0.15) is 0 Å². The van der Waals surface area contributed by atoms with Crippen molar-refractivity contribution >= 4 is 0 Å². The highest BCUT2D eigenvalue weighted by Gasteiger charge is 2.62. The van der Waals surface area contributed by atoms with Gasteiger partial charge in [0.2, 0.25) is 0 Å². The highest BCUT2D eigenvalue weighted by atomic mass is 14.7. The predicted octanol–water partition coefficient (Wildman–Crippen LogP) is 5.14. The Hall–Kier alpha value is -0.780. The Balaban J connectivity index is 1.72. The fraction of sp³-hybridized carbons (Fsp3) is 0.684. The third kappa shape index (κ3) is 1.46. The van der Waals surface area contributed by atoms with E-state index in [1.807, 2.05) is 0 Å². The molecule has 5 atom stereocenters. The van der Waals surface area contributed by atoms with E-state index in [-0.39, 0.29) is 5.41 Å². The molecule has 0 aromatic heterocycles. The largest absolute Gasteiger partial charge is 0.0743 e. The lowest BCUT2D eigenvalue weighted by Crippen LogP contribution is -2.43. The Labute approximate surface area is 117 Å². The average Bonchev–Trinajstić information content (AvgIpc) is 3.00. The van der Waals surface area contributed by atoms with Crippen LogP contribution in [0.4, 0.5) is 0 Å². The molecule has 0 amide bonds. The second-order valence-corrected chi connectivity index (χ2v) is 7.87. The lowest BCUT2D eigenvalue weighted by Gasteiger charge is -2.50. The SMILES string of the molecule is CC1(C2(C)CC3CC2C2CCCC32)C=CC=CC=C1. The molecule has 0 saturated heterocycles. The standard InChI is InChI=1S/C19H26/c1-18(10-5-3-4-6-11-18)19(2)13-14-12-17(19)16-9-7-8-15(14)16/h3-6,10-11,14-17H,7-9,12-13H2,1-2H3. The Morgan fingerprint density at radius 1 is 0.895 bits per heavy atom. The molecule has 0 spiro atoms. The van der Waals surface area contributed by atoms with E-state index in [9.17, 15) is 0 Å². The van der Waals surface area contributed by atoms with Crippen molar-refractivity contribution in [3.05, 3.63) is 36.5 Å². The maximum absolute atomic E-state index is 2.59. The lowest BCUT2D eigenvalue weighted by atomic mass is 9.54. The van der Waals surface area contributed by atoms with Gasteiger partial charge in [0.05, 0.1) is 0 Å². The molecule has 19 heavy (non-hydrogen) atoms. The minimum atomic E-state index is 0.253. The highest BCUT2D eigenvalue weighted by Crippen LogP contribution is 2.70. The Morgan fingerprint density at radius 2 is 1.58 bits per heavy atom. The molecule has 0 heterocycles. The number of rotatable bonds is 1. The number of allylic oxidation sites excluding steroid dienone is 6. The van der Waals surface area contributed by atoms with E-state index in [4.69, 9.17) is 0 Å². The molecule has 5 unspecified atom stereocenters. The van der Waals surface area contributed by atoms with Gasteiger partial charge in [-0.3, -0.25) is 0 Å². The summed E-state index contributed by atoms with van der Waals surface area (Å²) in [7, 11) is 0. The van der Waals surface area contributed by atoms with Crippen LogP contribution >= 0.6 is 0 Å². The van der Waals surface area contributed by atoms with Crippen LogP contribution < -0.4 is 0 Å². The molecule has 0 aromatic rings. The van der Waals surface area contributed by atoms with E-state index in [1.165, 1.54) is 32.1 Å². The van der Waals surface area contributed by atoms with Crippen LogP contribution in [0.15, 0.2) is 36.5 Å². The maximum atomic E-state index is 2.59. The first kappa shape index (κ1) is 12.0. The summed E-state index contributed by atoms with van der Waals surface area (Å²) < 4.78 is 0. The number of fused-ring (bicyclic) bond motifs is 5. The van der Waals surface area contributed by atoms with Crippen LogP contribution in [0.5, 0.6) is 0 Å². The summed E-state index contributed by atoms with van der Waals surface area (Å²) in [5, 5.41) is 0. The average molecular weight is 254 g/mol. The fourth-order valence-corrected chi connectivity index (χ4v) is 6.14. The quantitative estimate of drug-likeness (QED) is 0.608. The van der Waals surface area contributed by atoms with Crippen LogP contribution in [0.1, 0.15) is 46.0 Å². The normalized spacial score (nSPS) is 49.6. The minimum absolute atomic E-state index is 0.253. The van der Waals surface area contributed by atoms with Gasteiger partial charge < -0.3 is 0 Å². The fourth-order valence-electron chi connectivity index (χ4n) is 6.14. The van der Waals surface area contributed by atoms with Crippen LogP contribution in [-0.4, -0.2) is 0 Å². The van der Waals surface area contributed by atoms with Crippen LogP contribution in [-0.2, 0) is 0 Å².